The van der Waals surface area contributed by atoms with Crippen molar-refractivity contribution >= 4 is 15.9 Å². The zero-order valence-corrected chi connectivity index (χ0v) is 9.93. The molecule has 0 aromatic rings. The van der Waals surface area contributed by atoms with Crippen LogP contribution in [0.2, 0.25) is 0 Å². The SMILES string of the molecule is CC(C)OCCS(=O)(=O)NCCC(=N)N. The van der Waals surface area contributed by atoms with Gasteiger partial charge in [-0.3, -0.25) is 5.41 Å². The highest BCUT2D eigenvalue weighted by molar-refractivity contribution is 7.89. The van der Waals surface area contributed by atoms with Gasteiger partial charge in [0, 0.05) is 13.0 Å². The normalized spacial score (nSPS) is 11.9. The molecule has 4 N–H and O–H groups in total. The second kappa shape index (κ2) is 6.76. The van der Waals surface area contributed by atoms with E-state index >= 15 is 0 Å². The quantitative estimate of drug-likeness (QED) is 0.396. The van der Waals surface area contributed by atoms with Crippen LogP contribution in [0, 0.1) is 5.41 Å². The summed E-state index contributed by atoms with van der Waals surface area (Å²) in [6.07, 6.45) is 0.252. The van der Waals surface area contributed by atoms with Crippen molar-refractivity contribution < 1.29 is 13.2 Å². The van der Waals surface area contributed by atoms with Gasteiger partial charge in [-0.25, -0.2) is 13.1 Å². The molecule has 0 aliphatic heterocycles. The van der Waals surface area contributed by atoms with Crippen molar-refractivity contribution in [3.63, 3.8) is 0 Å². The standard InChI is InChI=1S/C8H19N3O3S/c1-7(2)14-5-6-15(12,13)11-4-3-8(9)10/h7,11H,3-6H2,1-2H3,(H3,9,10). The molecule has 0 bridgehead atoms. The Morgan fingerprint density at radius 1 is 1.53 bits per heavy atom. The minimum atomic E-state index is -3.30. The highest BCUT2D eigenvalue weighted by Gasteiger charge is 2.09. The first-order valence-electron chi connectivity index (χ1n) is 4.75. The highest BCUT2D eigenvalue weighted by Crippen LogP contribution is 1.91. The summed E-state index contributed by atoms with van der Waals surface area (Å²) >= 11 is 0. The first-order chi connectivity index (χ1) is 6.83. The molecule has 0 radical (unpaired) electrons. The maximum Gasteiger partial charge on any atom is 0.213 e. The van der Waals surface area contributed by atoms with E-state index in [1.54, 1.807) is 0 Å². The molecule has 0 rings (SSSR count). The monoisotopic (exact) mass is 237 g/mol. The van der Waals surface area contributed by atoms with Crippen LogP contribution in [0.15, 0.2) is 0 Å². The fourth-order valence-electron chi connectivity index (χ4n) is 0.807. The lowest BCUT2D eigenvalue weighted by atomic mass is 10.4. The smallest absolute Gasteiger partial charge is 0.213 e. The summed E-state index contributed by atoms with van der Waals surface area (Å²) in [7, 11) is -3.30. The minimum Gasteiger partial charge on any atom is -0.388 e. The molecule has 0 spiro atoms. The fraction of sp³-hybridized carbons (Fsp3) is 0.875. The van der Waals surface area contributed by atoms with Gasteiger partial charge in [0.05, 0.1) is 24.3 Å². The van der Waals surface area contributed by atoms with Gasteiger partial charge in [0.2, 0.25) is 10.0 Å². The van der Waals surface area contributed by atoms with Crippen LogP contribution in [0.3, 0.4) is 0 Å². The van der Waals surface area contributed by atoms with Gasteiger partial charge in [-0.15, -0.1) is 0 Å². The molecule has 15 heavy (non-hydrogen) atoms. The molecule has 0 aromatic heterocycles. The molecular weight excluding hydrogens is 218 g/mol. The summed E-state index contributed by atoms with van der Waals surface area (Å²) in [5, 5.41) is 6.91. The van der Waals surface area contributed by atoms with Gasteiger partial charge in [0.15, 0.2) is 0 Å². The van der Waals surface area contributed by atoms with E-state index in [2.05, 4.69) is 4.72 Å². The molecule has 0 heterocycles. The largest absolute Gasteiger partial charge is 0.388 e. The predicted octanol–water partition coefficient (Wildman–Crippen LogP) is -0.343. The zero-order valence-electron chi connectivity index (χ0n) is 9.12. The van der Waals surface area contributed by atoms with Gasteiger partial charge in [-0.1, -0.05) is 0 Å². The molecule has 6 nitrogen and oxygen atoms in total. The molecule has 0 saturated carbocycles. The fourth-order valence-corrected chi connectivity index (χ4v) is 1.68. The summed E-state index contributed by atoms with van der Waals surface area (Å²) in [4.78, 5) is 0. The lowest BCUT2D eigenvalue weighted by Crippen LogP contribution is -2.31. The van der Waals surface area contributed by atoms with Crippen molar-refractivity contribution in [3.8, 4) is 0 Å². The predicted molar refractivity (Wildman–Crippen MR) is 59.4 cm³/mol. The second-order valence-corrected chi connectivity index (χ2v) is 5.33. The van der Waals surface area contributed by atoms with E-state index in [1.165, 1.54) is 0 Å². The zero-order chi connectivity index (χ0) is 11.9. The molecule has 0 aliphatic carbocycles. The third-order valence-electron chi connectivity index (χ3n) is 1.52. The summed E-state index contributed by atoms with van der Waals surface area (Å²) in [6.45, 7) is 4.03. The van der Waals surface area contributed by atoms with E-state index in [9.17, 15) is 8.42 Å². The van der Waals surface area contributed by atoms with E-state index < -0.39 is 10.0 Å². The Labute approximate surface area is 90.7 Å². The van der Waals surface area contributed by atoms with Crippen LogP contribution in [0.4, 0.5) is 0 Å². The Hall–Kier alpha value is -0.660. The third kappa shape index (κ3) is 9.64. The minimum absolute atomic E-state index is 0.0254. The Kier molecular flexibility index (Phi) is 6.46. The molecular formula is C8H19N3O3S. The van der Waals surface area contributed by atoms with Crippen LogP contribution in [0.25, 0.3) is 0 Å². The average Bonchev–Trinajstić information content (AvgIpc) is 2.01. The van der Waals surface area contributed by atoms with Gasteiger partial charge in [-0.2, -0.15) is 0 Å². The maximum absolute atomic E-state index is 11.3. The maximum atomic E-state index is 11.3. The van der Waals surface area contributed by atoms with Crippen LogP contribution >= 0.6 is 0 Å². The molecule has 90 valence electrons. The van der Waals surface area contributed by atoms with Crippen LogP contribution in [0.1, 0.15) is 20.3 Å². The first-order valence-corrected chi connectivity index (χ1v) is 6.40. The first kappa shape index (κ1) is 14.3. The Bertz CT molecular complexity index is 288. The highest BCUT2D eigenvalue weighted by atomic mass is 32.2. The van der Waals surface area contributed by atoms with Crippen LogP contribution in [0.5, 0.6) is 0 Å². The van der Waals surface area contributed by atoms with Gasteiger partial charge < -0.3 is 10.5 Å². The number of rotatable bonds is 8. The molecule has 0 saturated heterocycles. The average molecular weight is 237 g/mol. The molecule has 0 aliphatic rings. The van der Waals surface area contributed by atoms with Gasteiger partial charge in [0.1, 0.15) is 0 Å². The molecule has 0 unspecified atom stereocenters. The third-order valence-corrected chi connectivity index (χ3v) is 2.87. The molecule has 7 heteroatoms. The van der Waals surface area contributed by atoms with Crippen molar-refractivity contribution in [3.05, 3.63) is 0 Å². The number of nitrogens with one attached hydrogen (secondary N) is 2. The van der Waals surface area contributed by atoms with Crippen LogP contribution < -0.4 is 10.5 Å². The topological polar surface area (TPSA) is 105 Å². The summed E-state index contributed by atoms with van der Waals surface area (Å²) < 4.78 is 30.0. The lowest BCUT2D eigenvalue weighted by molar-refractivity contribution is 0.0911. The van der Waals surface area contributed by atoms with Crippen molar-refractivity contribution in [1.82, 2.24) is 4.72 Å². The summed E-state index contributed by atoms with van der Waals surface area (Å²) in [5.74, 6) is -0.0977. The van der Waals surface area contributed by atoms with Crippen molar-refractivity contribution in [2.75, 3.05) is 18.9 Å². The number of sulfonamides is 1. The number of hydrogen-bond donors (Lipinski definition) is 3. The van der Waals surface area contributed by atoms with E-state index in [1.807, 2.05) is 13.8 Å². The van der Waals surface area contributed by atoms with E-state index in [0.29, 0.717) is 0 Å². The lowest BCUT2D eigenvalue weighted by Gasteiger charge is -2.08. The summed E-state index contributed by atoms with van der Waals surface area (Å²) in [5.41, 5.74) is 5.09. The Morgan fingerprint density at radius 3 is 2.60 bits per heavy atom. The summed E-state index contributed by atoms with van der Waals surface area (Å²) in [6, 6.07) is 0. The molecule has 0 amide bonds. The van der Waals surface area contributed by atoms with Gasteiger partial charge >= 0.3 is 0 Å². The van der Waals surface area contributed by atoms with E-state index in [4.69, 9.17) is 15.9 Å². The Morgan fingerprint density at radius 2 is 2.13 bits per heavy atom. The van der Waals surface area contributed by atoms with Crippen molar-refractivity contribution in [2.45, 2.75) is 26.4 Å². The van der Waals surface area contributed by atoms with Crippen molar-refractivity contribution in [1.29, 1.82) is 5.41 Å². The van der Waals surface area contributed by atoms with Crippen LogP contribution in [-0.4, -0.2) is 39.3 Å². The van der Waals surface area contributed by atoms with Crippen molar-refractivity contribution in [2.24, 2.45) is 5.73 Å². The van der Waals surface area contributed by atoms with Gasteiger partial charge in [0.25, 0.3) is 0 Å². The number of amidine groups is 1. The van der Waals surface area contributed by atoms with Gasteiger partial charge in [-0.05, 0) is 13.8 Å². The number of hydrogen-bond acceptors (Lipinski definition) is 4. The molecule has 0 atom stereocenters. The number of ether oxygens (including phenoxy) is 1. The second-order valence-electron chi connectivity index (χ2n) is 3.41. The number of nitrogens with two attached hydrogens (primary N) is 1. The molecule has 0 aromatic carbocycles. The molecule has 0 fully saturated rings. The van der Waals surface area contributed by atoms with E-state index in [0.717, 1.165) is 0 Å². The van der Waals surface area contributed by atoms with E-state index in [-0.39, 0.29) is 37.3 Å². The Balaban J connectivity index is 3.73. The van der Waals surface area contributed by atoms with Crippen LogP contribution in [-0.2, 0) is 14.8 Å².